The number of hydrogen-bond donors (Lipinski definition) is 2. The summed E-state index contributed by atoms with van der Waals surface area (Å²) in [5.74, 6) is 0.174. The maximum atomic E-state index is 8.04. The second-order valence-corrected chi connectivity index (χ2v) is 1.13. The summed E-state index contributed by atoms with van der Waals surface area (Å²) in [6.45, 7) is 2.42. The van der Waals surface area contributed by atoms with Gasteiger partial charge < -0.3 is 15.7 Å². The van der Waals surface area contributed by atoms with E-state index in [0.717, 1.165) is 0 Å². The molecule has 4 nitrogen and oxygen atoms in total. The fourth-order valence-electron chi connectivity index (χ4n) is 0.295. The van der Waals surface area contributed by atoms with E-state index in [2.05, 4.69) is 5.16 Å². The van der Waals surface area contributed by atoms with Crippen LogP contribution in [0.4, 0.5) is 0 Å². The third kappa shape index (κ3) is 2.41. The fraction of sp³-hybridized carbons (Fsp3) is 0.750. The molecule has 4 heteroatoms. The zero-order valence-corrected chi connectivity index (χ0v) is 4.79. The lowest BCUT2D eigenvalue weighted by Crippen LogP contribution is -2.16. The summed E-state index contributed by atoms with van der Waals surface area (Å²) < 4.78 is 4.72. The summed E-state index contributed by atoms with van der Waals surface area (Å²) in [5, 5.41) is 10.8. The molecule has 0 fully saturated rings. The molecule has 0 atom stereocenters. The van der Waals surface area contributed by atoms with Crippen molar-refractivity contribution in [3.63, 3.8) is 0 Å². The van der Waals surface area contributed by atoms with E-state index in [4.69, 9.17) is 15.7 Å². The van der Waals surface area contributed by atoms with Crippen molar-refractivity contribution in [2.75, 3.05) is 13.2 Å². The van der Waals surface area contributed by atoms with Crippen molar-refractivity contribution in [1.82, 2.24) is 0 Å². The van der Waals surface area contributed by atoms with Gasteiger partial charge in [-0.25, -0.2) is 0 Å². The lowest BCUT2D eigenvalue weighted by atomic mass is 10.6. The van der Waals surface area contributed by atoms with E-state index >= 15 is 0 Å². The molecular formula is C4H10N2O2. The first kappa shape index (κ1) is 7.23. The van der Waals surface area contributed by atoms with Crippen molar-refractivity contribution in [1.29, 1.82) is 0 Å². The summed E-state index contributed by atoms with van der Waals surface area (Å²) in [4.78, 5) is 0. The zero-order valence-electron chi connectivity index (χ0n) is 4.79. The normalized spacial score (nSPS) is 11.5. The van der Waals surface area contributed by atoms with Crippen molar-refractivity contribution in [2.45, 2.75) is 6.92 Å². The second-order valence-electron chi connectivity index (χ2n) is 1.13. The molecule has 0 aromatic rings. The molecule has 0 aliphatic rings. The number of rotatable bonds is 2. The lowest BCUT2D eigenvalue weighted by Gasteiger charge is -1.98. The standard InChI is InChI=1S/C4H10N2O2/c1-2-8-4(3-5)6-7/h7H,2-3,5H2,1H3/b6-4+. The monoisotopic (exact) mass is 118 g/mol. The van der Waals surface area contributed by atoms with Crippen LogP contribution in [0.5, 0.6) is 0 Å². The Balaban J connectivity index is 3.38. The third-order valence-electron chi connectivity index (χ3n) is 0.597. The first-order chi connectivity index (χ1) is 3.85. The molecule has 0 rings (SSSR count). The largest absolute Gasteiger partial charge is 0.478 e. The highest BCUT2D eigenvalue weighted by Gasteiger charge is 1.91. The van der Waals surface area contributed by atoms with Gasteiger partial charge in [0.15, 0.2) is 0 Å². The van der Waals surface area contributed by atoms with Crippen LogP contribution < -0.4 is 5.73 Å². The molecule has 0 bridgehead atoms. The van der Waals surface area contributed by atoms with Crippen molar-refractivity contribution in [3.8, 4) is 0 Å². The first-order valence-electron chi connectivity index (χ1n) is 2.39. The van der Waals surface area contributed by atoms with Gasteiger partial charge in [-0.15, -0.1) is 0 Å². The van der Waals surface area contributed by atoms with Gasteiger partial charge in [0, 0.05) is 0 Å². The van der Waals surface area contributed by atoms with Crippen molar-refractivity contribution < 1.29 is 9.94 Å². The van der Waals surface area contributed by atoms with E-state index in [1.165, 1.54) is 0 Å². The molecule has 3 N–H and O–H groups in total. The van der Waals surface area contributed by atoms with E-state index in [1.54, 1.807) is 6.92 Å². The Kier molecular flexibility index (Phi) is 3.97. The topological polar surface area (TPSA) is 67.8 Å². The molecule has 0 heterocycles. The molecule has 0 saturated heterocycles. The highest BCUT2D eigenvalue weighted by atomic mass is 16.5. The van der Waals surface area contributed by atoms with Gasteiger partial charge in [-0.2, -0.15) is 0 Å². The van der Waals surface area contributed by atoms with Crippen LogP contribution in [-0.4, -0.2) is 24.3 Å². The number of nitrogens with zero attached hydrogens (tertiary/aromatic N) is 1. The quantitative estimate of drug-likeness (QED) is 0.228. The predicted molar refractivity (Wildman–Crippen MR) is 29.9 cm³/mol. The van der Waals surface area contributed by atoms with E-state index in [9.17, 15) is 0 Å². The summed E-state index contributed by atoms with van der Waals surface area (Å²) >= 11 is 0. The highest BCUT2D eigenvalue weighted by Crippen LogP contribution is 1.75. The van der Waals surface area contributed by atoms with Crippen LogP contribution in [0.2, 0.25) is 0 Å². The van der Waals surface area contributed by atoms with Gasteiger partial charge in [-0.1, -0.05) is 5.16 Å². The molecule has 0 spiro atoms. The summed E-state index contributed by atoms with van der Waals surface area (Å²) in [6.07, 6.45) is 0. The van der Waals surface area contributed by atoms with Gasteiger partial charge in [-0.3, -0.25) is 0 Å². The number of ether oxygens (including phenoxy) is 1. The van der Waals surface area contributed by atoms with Crippen LogP contribution in [0.15, 0.2) is 5.16 Å². The van der Waals surface area contributed by atoms with E-state index in [-0.39, 0.29) is 12.4 Å². The minimum Gasteiger partial charge on any atom is -0.478 e. The van der Waals surface area contributed by atoms with Crippen LogP contribution in [0, 0.1) is 0 Å². The Bertz CT molecular complexity index is 82.1. The lowest BCUT2D eigenvalue weighted by molar-refractivity contribution is 0.260. The van der Waals surface area contributed by atoms with Gasteiger partial charge in [0.2, 0.25) is 5.90 Å². The average Bonchev–Trinajstić information content (AvgIpc) is 1.83. The summed E-state index contributed by atoms with van der Waals surface area (Å²) in [6, 6.07) is 0. The molecule has 0 aromatic carbocycles. The maximum absolute atomic E-state index is 8.04. The van der Waals surface area contributed by atoms with Crippen LogP contribution in [0.25, 0.3) is 0 Å². The molecule has 0 unspecified atom stereocenters. The first-order valence-corrected chi connectivity index (χ1v) is 2.39. The molecule has 0 radical (unpaired) electrons. The van der Waals surface area contributed by atoms with Gasteiger partial charge in [-0.05, 0) is 6.92 Å². The molecular weight excluding hydrogens is 108 g/mol. The third-order valence-corrected chi connectivity index (χ3v) is 0.597. The Labute approximate surface area is 47.9 Å². The van der Waals surface area contributed by atoms with Gasteiger partial charge in [0.25, 0.3) is 0 Å². The Hall–Kier alpha value is -0.770. The predicted octanol–water partition coefficient (Wildman–Crippen LogP) is -0.231. The summed E-state index contributed by atoms with van der Waals surface area (Å²) in [7, 11) is 0. The minimum atomic E-state index is 0.143. The SMILES string of the molecule is CCO/C(CN)=N/O. The van der Waals surface area contributed by atoms with Crippen molar-refractivity contribution in [2.24, 2.45) is 10.9 Å². The fourth-order valence-corrected chi connectivity index (χ4v) is 0.295. The molecule has 0 aliphatic heterocycles. The highest BCUT2D eigenvalue weighted by molar-refractivity contribution is 5.77. The van der Waals surface area contributed by atoms with Gasteiger partial charge in [0.05, 0.1) is 13.2 Å². The molecule has 48 valence electrons. The van der Waals surface area contributed by atoms with Crippen LogP contribution in [0.1, 0.15) is 6.92 Å². The maximum Gasteiger partial charge on any atom is 0.239 e. The smallest absolute Gasteiger partial charge is 0.239 e. The van der Waals surface area contributed by atoms with Gasteiger partial charge >= 0.3 is 0 Å². The van der Waals surface area contributed by atoms with E-state index < -0.39 is 0 Å². The van der Waals surface area contributed by atoms with Crippen molar-refractivity contribution in [3.05, 3.63) is 0 Å². The van der Waals surface area contributed by atoms with Crippen molar-refractivity contribution >= 4 is 5.90 Å². The molecule has 0 saturated carbocycles. The van der Waals surface area contributed by atoms with Gasteiger partial charge in [0.1, 0.15) is 0 Å². The van der Waals surface area contributed by atoms with Crippen LogP contribution >= 0.6 is 0 Å². The summed E-state index contributed by atoms with van der Waals surface area (Å²) in [5.41, 5.74) is 5.05. The molecule has 8 heavy (non-hydrogen) atoms. The number of oxime groups is 1. The van der Waals surface area contributed by atoms with E-state index in [0.29, 0.717) is 6.61 Å². The van der Waals surface area contributed by atoms with Crippen LogP contribution in [-0.2, 0) is 4.74 Å². The second kappa shape index (κ2) is 4.39. The Morgan fingerprint density at radius 2 is 2.50 bits per heavy atom. The molecule has 0 aromatic heterocycles. The van der Waals surface area contributed by atoms with Crippen LogP contribution in [0.3, 0.4) is 0 Å². The number of nitrogens with two attached hydrogens (primary N) is 1. The Morgan fingerprint density at radius 3 is 2.62 bits per heavy atom. The number of hydrogen-bond acceptors (Lipinski definition) is 4. The Morgan fingerprint density at radius 1 is 1.88 bits per heavy atom. The van der Waals surface area contributed by atoms with E-state index in [1.807, 2.05) is 0 Å². The molecule has 0 aliphatic carbocycles. The molecule has 0 amide bonds. The zero-order chi connectivity index (χ0) is 6.41. The average molecular weight is 118 g/mol. The minimum absolute atomic E-state index is 0.143.